The molecule has 0 saturated heterocycles. The molecule has 8 heteroatoms. The maximum atomic E-state index is 9.21. The average molecular weight is 169 g/mol. The normalized spacial score (nSPS) is 8.75. The van der Waals surface area contributed by atoms with Crippen LogP contribution in [0.1, 0.15) is 0 Å². The third kappa shape index (κ3) is 15.7. The van der Waals surface area contributed by atoms with Crippen LogP contribution >= 0.6 is 0 Å². The van der Waals surface area contributed by atoms with Gasteiger partial charge < -0.3 is 5.48 Å². The molecule has 0 atom stereocenters. The van der Waals surface area contributed by atoms with Gasteiger partial charge in [0.1, 0.15) is 0 Å². The monoisotopic (exact) mass is 169 g/mol. The van der Waals surface area contributed by atoms with Gasteiger partial charge in [-0.2, -0.15) is 18.6 Å². The molecule has 0 heterocycles. The van der Waals surface area contributed by atoms with Gasteiger partial charge in [0.2, 0.25) is 0 Å². The van der Waals surface area contributed by atoms with Gasteiger partial charge in [-0.3, -0.25) is 4.55 Å². The van der Waals surface area contributed by atoms with Crippen LogP contribution in [-0.2, 0) is 14.7 Å². The quantitative estimate of drug-likeness (QED) is 0.232. The molecule has 0 aliphatic rings. The van der Waals surface area contributed by atoms with Crippen LogP contribution < -0.4 is 57.3 Å². The van der Waals surface area contributed by atoms with Crippen molar-refractivity contribution < 1.29 is 74.1 Å². The van der Waals surface area contributed by atoms with E-state index in [-0.39, 0.29) is 56.9 Å². The third-order valence-electron chi connectivity index (χ3n) is 0.122. The summed E-state index contributed by atoms with van der Waals surface area (Å²) < 4.78 is 28.8. The minimum atomic E-state index is -4.38. The standard InChI is InChI=1S/K.H3NO4S.H2O/c;1-5-6(2,3)4;/h;1H2,(H,2,3,4);1H2/q+1;;/p-1. The van der Waals surface area contributed by atoms with Crippen LogP contribution in [0.3, 0.4) is 0 Å². The number of nitrogens with two attached hydrogens (primary N) is 1. The Morgan fingerprint density at radius 2 is 1.62 bits per heavy atom. The first-order chi connectivity index (χ1) is 2.56. The smallest absolute Gasteiger partial charge is 0.870 e. The van der Waals surface area contributed by atoms with Gasteiger partial charge >= 0.3 is 61.8 Å². The molecule has 0 aliphatic carbocycles. The summed E-state index contributed by atoms with van der Waals surface area (Å²) in [5.41, 5.74) is 0. The fraction of sp³-hybridized carbons (Fsp3) is 0. The topological polar surface area (TPSA) is 120 Å². The van der Waals surface area contributed by atoms with Crippen molar-refractivity contribution >= 4 is 10.4 Å². The minimum Gasteiger partial charge on any atom is -0.870 e. The Labute approximate surface area is 89.0 Å². The molecule has 0 aromatic heterocycles. The Morgan fingerprint density at radius 1 is 1.50 bits per heavy atom. The van der Waals surface area contributed by atoms with Gasteiger partial charge in [-0.05, 0) is 0 Å². The fourth-order valence-corrected chi connectivity index (χ4v) is 0. The number of rotatable bonds is 1. The Bertz CT molecular complexity index is 114. The SMILES string of the molecule is NOS(=O)(=O)O.[K+].[OH-]. The molecule has 46 valence electrons. The van der Waals surface area contributed by atoms with Gasteiger partial charge in [0, 0.05) is 0 Å². The maximum absolute atomic E-state index is 9.21. The van der Waals surface area contributed by atoms with Gasteiger partial charge in [0.05, 0.1) is 0 Å². The first-order valence-corrected chi connectivity index (χ1v) is 2.28. The summed E-state index contributed by atoms with van der Waals surface area (Å²) in [4.78, 5) is 0. The summed E-state index contributed by atoms with van der Waals surface area (Å²) >= 11 is 0. The molecular formula is H4KNO5S. The maximum Gasteiger partial charge on any atom is 1.00 e. The second-order valence-electron chi connectivity index (χ2n) is 0.524. The summed E-state index contributed by atoms with van der Waals surface area (Å²) in [6.07, 6.45) is 0. The molecule has 0 aliphatic heterocycles. The molecular weight excluding hydrogens is 165 g/mol. The zero-order chi connectivity index (χ0) is 5.21. The van der Waals surface area contributed by atoms with Crippen LogP contribution in [0.15, 0.2) is 0 Å². The van der Waals surface area contributed by atoms with Crippen molar-refractivity contribution in [2.45, 2.75) is 0 Å². The van der Waals surface area contributed by atoms with E-state index < -0.39 is 10.4 Å². The van der Waals surface area contributed by atoms with E-state index in [0.717, 1.165) is 0 Å². The summed E-state index contributed by atoms with van der Waals surface area (Å²) in [6.45, 7) is 0. The molecule has 0 rings (SSSR count). The molecule has 8 heavy (non-hydrogen) atoms. The van der Waals surface area contributed by atoms with Crippen molar-refractivity contribution in [1.29, 1.82) is 0 Å². The van der Waals surface area contributed by atoms with Gasteiger partial charge in [0.15, 0.2) is 0 Å². The summed E-state index contributed by atoms with van der Waals surface area (Å²) in [5.74, 6) is 3.97. The van der Waals surface area contributed by atoms with E-state index in [1.807, 2.05) is 0 Å². The molecule has 0 fully saturated rings. The molecule has 0 aromatic carbocycles. The van der Waals surface area contributed by atoms with Crippen molar-refractivity contribution in [3.8, 4) is 0 Å². The van der Waals surface area contributed by atoms with E-state index in [0.29, 0.717) is 0 Å². The van der Waals surface area contributed by atoms with E-state index in [1.54, 1.807) is 0 Å². The predicted octanol–water partition coefficient (Wildman–Crippen LogP) is -4.49. The van der Waals surface area contributed by atoms with Crippen LogP contribution in [0.2, 0.25) is 0 Å². The average Bonchev–Trinajstić information content (AvgIpc) is 1.35. The molecule has 4 N–H and O–H groups in total. The number of hydrogen-bond acceptors (Lipinski definition) is 5. The van der Waals surface area contributed by atoms with Crippen LogP contribution in [0, 0.1) is 0 Å². The molecule has 0 bridgehead atoms. The first kappa shape index (κ1) is 16.2. The summed E-state index contributed by atoms with van der Waals surface area (Å²) in [6, 6.07) is 0. The van der Waals surface area contributed by atoms with E-state index >= 15 is 0 Å². The third-order valence-corrected chi connectivity index (χ3v) is 0.365. The van der Waals surface area contributed by atoms with E-state index in [4.69, 9.17) is 4.55 Å². The van der Waals surface area contributed by atoms with Crippen molar-refractivity contribution in [2.75, 3.05) is 0 Å². The van der Waals surface area contributed by atoms with Gasteiger partial charge in [-0.25, -0.2) is 0 Å². The molecule has 6 nitrogen and oxygen atoms in total. The first-order valence-electron chi connectivity index (χ1n) is 0.918. The fourth-order valence-electron chi connectivity index (χ4n) is 0. The Hall–Kier alpha value is 1.43. The van der Waals surface area contributed by atoms with E-state index in [9.17, 15) is 8.42 Å². The van der Waals surface area contributed by atoms with E-state index in [1.165, 1.54) is 0 Å². The van der Waals surface area contributed by atoms with Gasteiger partial charge in [-0.15, -0.1) is 0 Å². The second kappa shape index (κ2) is 6.55. The Kier molecular flexibility index (Phi) is 13.3. The molecule has 0 amide bonds. The molecule has 0 saturated carbocycles. The van der Waals surface area contributed by atoms with E-state index in [2.05, 4.69) is 10.2 Å². The molecule has 0 aromatic rings. The predicted molar refractivity (Wildman–Crippen MR) is 18.8 cm³/mol. The van der Waals surface area contributed by atoms with Crippen molar-refractivity contribution in [2.24, 2.45) is 5.90 Å². The zero-order valence-electron chi connectivity index (χ0n) is 4.10. The zero-order valence-corrected chi connectivity index (χ0v) is 8.04. The Morgan fingerprint density at radius 3 is 1.62 bits per heavy atom. The van der Waals surface area contributed by atoms with Crippen LogP contribution in [0.5, 0.6) is 0 Å². The minimum absolute atomic E-state index is 0. The second-order valence-corrected chi connectivity index (χ2v) is 1.57. The molecule has 0 radical (unpaired) electrons. The van der Waals surface area contributed by atoms with Crippen molar-refractivity contribution in [3.05, 3.63) is 0 Å². The largest absolute Gasteiger partial charge is 1.00 e. The van der Waals surface area contributed by atoms with Crippen molar-refractivity contribution in [1.82, 2.24) is 0 Å². The van der Waals surface area contributed by atoms with Crippen LogP contribution in [0.4, 0.5) is 0 Å². The molecule has 0 unspecified atom stereocenters. The van der Waals surface area contributed by atoms with Gasteiger partial charge in [0.25, 0.3) is 0 Å². The van der Waals surface area contributed by atoms with Crippen LogP contribution in [0.25, 0.3) is 0 Å². The number of hydrogen-bond donors (Lipinski definition) is 2. The molecule has 0 spiro atoms. The van der Waals surface area contributed by atoms with Crippen molar-refractivity contribution in [3.63, 3.8) is 0 Å². The summed E-state index contributed by atoms with van der Waals surface area (Å²) in [7, 11) is -4.38. The Balaban J connectivity index is -0.000000125. The van der Waals surface area contributed by atoms with Gasteiger partial charge in [-0.1, -0.05) is 0 Å². The summed E-state index contributed by atoms with van der Waals surface area (Å²) in [5, 5.41) is 0. The van der Waals surface area contributed by atoms with Crippen LogP contribution in [-0.4, -0.2) is 18.4 Å².